The van der Waals surface area contributed by atoms with Crippen molar-refractivity contribution in [3.05, 3.63) is 139 Å². The third-order valence-electron chi connectivity index (χ3n) is 9.51. The lowest BCUT2D eigenvalue weighted by Crippen LogP contribution is -2.02. The molecule has 4 aromatic heterocycles. The van der Waals surface area contributed by atoms with Crippen LogP contribution in [0.4, 0.5) is 0 Å². The Morgan fingerprint density at radius 2 is 1.39 bits per heavy atom. The fourth-order valence-corrected chi connectivity index (χ4v) is 7.09. The van der Waals surface area contributed by atoms with E-state index in [2.05, 4.69) is 73.7 Å². The first kappa shape index (κ1) is 27.7. The Labute approximate surface area is 281 Å². The largest absolute Gasteiger partial charge is 0.460 e. The molecule has 1 aliphatic carbocycles. The molecule has 1 unspecified atom stereocenters. The minimum atomic E-state index is 0.417. The summed E-state index contributed by atoms with van der Waals surface area (Å²) in [6.45, 7) is 2.20. The zero-order chi connectivity index (χ0) is 32.5. The summed E-state index contributed by atoms with van der Waals surface area (Å²) in [5, 5.41) is 5.21. The molecule has 4 heterocycles. The first-order valence-corrected chi connectivity index (χ1v) is 16.5. The minimum Gasteiger partial charge on any atom is -0.460 e. The standard InChI is InChI=1S/C43H28N4O2/c1-25-18-21-30-31-15-9-16-33(39(31)49-36(30)22-25)42-45-41(27-11-3-2-4-12-27)46-43(47-42)38-37-32-14-7-8-17-35(32)48-40(37)34(24-44-38)29-20-19-26-10-5-6-13-28(26)23-29/h2-21,23-25H,22H2,1H3. The molecular formula is C43H28N4O2. The summed E-state index contributed by atoms with van der Waals surface area (Å²) in [5.41, 5.74) is 7.70. The number of para-hydroxylation sites is 2. The van der Waals surface area contributed by atoms with Crippen molar-refractivity contribution in [2.45, 2.75) is 13.3 Å². The number of nitrogens with zero attached hydrogens (tertiary/aromatic N) is 4. The SMILES string of the molecule is CC1C=Cc2c(oc3c(-c4nc(-c5ccccc5)nc(-c5ncc(-c6ccc7ccccc7c6)c6oc7ccccc7c56)n4)cccc23)C1. The van der Waals surface area contributed by atoms with Crippen LogP contribution >= 0.6 is 0 Å². The fraction of sp³-hybridized carbons (Fsp3) is 0.0698. The zero-order valence-corrected chi connectivity index (χ0v) is 26.6. The molecule has 49 heavy (non-hydrogen) atoms. The van der Waals surface area contributed by atoms with Gasteiger partial charge in [-0.15, -0.1) is 0 Å². The van der Waals surface area contributed by atoms with Gasteiger partial charge in [-0.1, -0.05) is 116 Å². The number of fused-ring (bicyclic) bond motifs is 7. The lowest BCUT2D eigenvalue weighted by molar-refractivity contribution is 0.514. The second-order valence-corrected chi connectivity index (χ2v) is 12.7. The van der Waals surface area contributed by atoms with Gasteiger partial charge in [0.1, 0.15) is 28.2 Å². The number of rotatable bonds is 4. The van der Waals surface area contributed by atoms with Crippen LogP contribution in [0.15, 0.2) is 136 Å². The van der Waals surface area contributed by atoms with E-state index in [1.807, 2.05) is 66.9 Å². The van der Waals surface area contributed by atoms with Gasteiger partial charge in [-0.05, 0) is 40.5 Å². The van der Waals surface area contributed by atoms with Gasteiger partial charge in [0, 0.05) is 40.1 Å². The van der Waals surface area contributed by atoms with Crippen molar-refractivity contribution in [3.63, 3.8) is 0 Å². The highest BCUT2D eigenvalue weighted by atomic mass is 16.3. The summed E-state index contributed by atoms with van der Waals surface area (Å²) in [6, 6.07) is 39.1. The van der Waals surface area contributed by atoms with Gasteiger partial charge in [0.05, 0.1) is 10.9 Å². The fourth-order valence-electron chi connectivity index (χ4n) is 7.09. The molecule has 0 N–H and O–H groups in total. The van der Waals surface area contributed by atoms with Crippen molar-refractivity contribution in [3.8, 4) is 45.4 Å². The monoisotopic (exact) mass is 632 g/mol. The van der Waals surface area contributed by atoms with Gasteiger partial charge in [-0.25, -0.2) is 15.0 Å². The third kappa shape index (κ3) is 4.49. The molecule has 1 aliphatic rings. The number of benzene rings is 5. The molecule has 1 atom stereocenters. The van der Waals surface area contributed by atoms with Crippen molar-refractivity contribution in [2.75, 3.05) is 0 Å². The smallest absolute Gasteiger partial charge is 0.183 e. The van der Waals surface area contributed by atoms with Crippen molar-refractivity contribution in [2.24, 2.45) is 5.92 Å². The Kier molecular flexibility index (Phi) is 6.12. The highest BCUT2D eigenvalue weighted by Gasteiger charge is 2.24. The predicted molar refractivity (Wildman–Crippen MR) is 196 cm³/mol. The third-order valence-corrected chi connectivity index (χ3v) is 9.51. The Morgan fingerprint density at radius 3 is 2.31 bits per heavy atom. The molecule has 0 spiro atoms. The van der Waals surface area contributed by atoms with Crippen molar-refractivity contribution >= 4 is 49.8 Å². The number of hydrogen-bond acceptors (Lipinski definition) is 6. The molecule has 0 saturated heterocycles. The van der Waals surface area contributed by atoms with Gasteiger partial charge in [-0.2, -0.15) is 0 Å². The first-order valence-electron chi connectivity index (χ1n) is 16.5. The Bertz CT molecular complexity index is 2780. The lowest BCUT2D eigenvalue weighted by Gasteiger charge is -2.10. The van der Waals surface area contributed by atoms with Crippen LogP contribution in [0.1, 0.15) is 18.2 Å². The van der Waals surface area contributed by atoms with Crippen LogP contribution in [-0.4, -0.2) is 19.9 Å². The molecule has 5 aromatic carbocycles. The van der Waals surface area contributed by atoms with Crippen LogP contribution in [-0.2, 0) is 6.42 Å². The topological polar surface area (TPSA) is 77.8 Å². The van der Waals surface area contributed by atoms with Gasteiger partial charge >= 0.3 is 0 Å². The second kappa shape index (κ2) is 10.8. The van der Waals surface area contributed by atoms with E-state index in [1.165, 1.54) is 5.39 Å². The van der Waals surface area contributed by atoms with Crippen LogP contribution in [0.25, 0.3) is 95.2 Å². The number of aromatic nitrogens is 4. The van der Waals surface area contributed by atoms with Crippen molar-refractivity contribution in [1.29, 1.82) is 0 Å². The van der Waals surface area contributed by atoms with E-state index in [9.17, 15) is 0 Å². The van der Waals surface area contributed by atoms with Gasteiger partial charge in [0.2, 0.25) is 0 Å². The second-order valence-electron chi connectivity index (χ2n) is 12.7. The number of furan rings is 2. The molecular weight excluding hydrogens is 604 g/mol. The number of pyridine rings is 1. The summed E-state index contributed by atoms with van der Waals surface area (Å²) in [4.78, 5) is 20.4. The highest BCUT2D eigenvalue weighted by molar-refractivity contribution is 6.15. The normalized spacial score (nSPS) is 14.3. The predicted octanol–water partition coefficient (Wildman–Crippen LogP) is 10.9. The van der Waals surface area contributed by atoms with E-state index in [-0.39, 0.29) is 0 Å². The lowest BCUT2D eigenvalue weighted by atomic mass is 9.95. The van der Waals surface area contributed by atoms with Crippen LogP contribution in [0, 0.1) is 5.92 Å². The van der Waals surface area contributed by atoms with Gasteiger partial charge < -0.3 is 8.83 Å². The maximum Gasteiger partial charge on any atom is 0.183 e. The van der Waals surface area contributed by atoms with E-state index in [4.69, 9.17) is 28.8 Å². The molecule has 10 rings (SSSR count). The molecule has 6 heteroatoms. The van der Waals surface area contributed by atoms with Crippen molar-refractivity contribution < 1.29 is 8.83 Å². The average molecular weight is 633 g/mol. The number of hydrogen-bond donors (Lipinski definition) is 0. The molecule has 0 fully saturated rings. The Balaban J connectivity index is 1.23. The summed E-state index contributed by atoms with van der Waals surface area (Å²) in [6.07, 6.45) is 7.16. The van der Waals surface area contributed by atoms with Crippen LogP contribution in [0.3, 0.4) is 0 Å². The summed E-state index contributed by atoms with van der Waals surface area (Å²) < 4.78 is 13.2. The van der Waals surface area contributed by atoms with E-state index in [0.717, 1.165) is 78.3 Å². The molecule has 232 valence electrons. The van der Waals surface area contributed by atoms with Crippen LogP contribution in [0.2, 0.25) is 0 Å². The van der Waals surface area contributed by atoms with E-state index in [0.29, 0.717) is 29.1 Å². The Morgan fingerprint density at radius 1 is 0.612 bits per heavy atom. The molecule has 0 bridgehead atoms. The Hall–Kier alpha value is -6.40. The zero-order valence-electron chi connectivity index (χ0n) is 26.6. The van der Waals surface area contributed by atoms with Crippen molar-refractivity contribution in [1.82, 2.24) is 19.9 Å². The van der Waals surface area contributed by atoms with E-state index in [1.54, 1.807) is 0 Å². The molecule has 6 nitrogen and oxygen atoms in total. The molecule has 9 aromatic rings. The van der Waals surface area contributed by atoms with Crippen LogP contribution < -0.4 is 0 Å². The molecule has 0 amide bonds. The van der Waals surface area contributed by atoms with Gasteiger partial charge in [0.15, 0.2) is 17.5 Å². The summed E-state index contributed by atoms with van der Waals surface area (Å²) >= 11 is 0. The average Bonchev–Trinajstić information content (AvgIpc) is 3.73. The van der Waals surface area contributed by atoms with E-state index < -0.39 is 0 Å². The summed E-state index contributed by atoms with van der Waals surface area (Å²) in [7, 11) is 0. The molecule has 0 aliphatic heterocycles. The maximum absolute atomic E-state index is 6.62. The maximum atomic E-state index is 6.62. The van der Waals surface area contributed by atoms with Gasteiger partial charge in [-0.3, -0.25) is 4.98 Å². The molecule has 0 saturated carbocycles. The molecule has 0 radical (unpaired) electrons. The van der Waals surface area contributed by atoms with Gasteiger partial charge in [0.25, 0.3) is 0 Å². The van der Waals surface area contributed by atoms with E-state index >= 15 is 0 Å². The minimum absolute atomic E-state index is 0.417. The van der Waals surface area contributed by atoms with Crippen LogP contribution in [0.5, 0.6) is 0 Å². The first-order chi connectivity index (χ1) is 24.2. The summed E-state index contributed by atoms with van der Waals surface area (Å²) in [5.74, 6) is 2.96. The number of allylic oxidation sites excluding steroid dienone is 1. The highest BCUT2D eigenvalue weighted by Crippen LogP contribution is 2.42. The quantitative estimate of drug-likeness (QED) is 0.192.